The van der Waals surface area contributed by atoms with E-state index in [0.717, 1.165) is 40.4 Å². The molecule has 8 nitrogen and oxygen atoms in total. The van der Waals surface area contributed by atoms with Gasteiger partial charge in [0.1, 0.15) is 12.4 Å². The quantitative estimate of drug-likeness (QED) is 0.567. The van der Waals surface area contributed by atoms with E-state index >= 15 is 0 Å². The van der Waals surface area contributed by atoms with Crippen molar-refractivity contribution < 1.29 is 19.0 Å². The van der Waals surface area contributed by atoms with Crippen molar-refractivity contribution in [1.82, 2.24) is 20.2 Å². The van der Waals surface area contributed by atoms with E-state index < -0.39 is 0 Å². The topological polar surface area (TPSA) is 85.8 Å². The van der Waals surface area contributed by atoms with Gasteiger partial charge in [-0.3, -0.25) is 19.7 Å². The molecule has 0 radical (unpaired) electrons. The van der Waals surface area contributed by atoms with Crippen molar-refractivity contribution in [2.24, 2.45) is 0 Å². The number of aryl methyl sites for hydroxylation is 1. The molecule has 0 aliphatic carbocycles. The number of aromatic nitrogens is 2. The second-order valence-electron chi connectivity index (χ2n) is 7.86. The SMILES string of the molecule is COc1cccc(-c2ccc(OCc3cnc(C)cn3)c(CN3CCNC(=O)C3)c2)c1OC. The van der Waals surface area contributed by atoms with Crippen LogP contribution >= 0.6 is 0 Å². The fourth-order valence-corrected chi connectivity index (χ4v) is 3.84. The van der Waals surface area contributed by atoms with Crippen LogP contribution in [0.15, 0.2) is 48.8 Å². The van der Waals surface area contributed by atoms with Crippen LogP contribution in [-0.2, 0) is 17.9 Å². The molecular formula is C25H28N4O4. The molecule has 1 fully saturated rings. The second kappa shape index (κ2) is 10.3. The minimum Gasteiger partial charge on any atom is -0.493 e. The Hall–Kier alpha value is -3.65. The van der Waals surface area contributed by atoms with Crippen LogP contribution in [0.25, 0.3) is 11.1 Å². The zero-order valence-corrected chi connectivity index (χ0v) is 19.1. The molecule has 0 unspecified atom stereocenters. The van der Waals surface area contributed by atoms with Crippen molar-refractivity contribution in [1.29, 1.82) is 0 Å². The summed E-state index contributed by atoms with van der Waals surface area (Å²) in [5, 5.41) is 2.87. The number of piperazine rings is 1. The van der Waals surface area contributed by atoms with Crippen molar-refractivity contribution in [3.8, 4) is 28.4 Å². The summed E-state index contributed by atoms with van der Waals surface area (Å²) in [4.78, 5) is 22.7. The highest BCUT2D eigenvalue weighted by atomic mass is 16.5. The van der Waals surface area contributed by atoms with Gasteiger partial charge in [0.15, 0.2) is 11.5 Å². The number of methoxy groups -OCH3 is 2. The van der Waals surface area contributed by atoms with Gasteiger partial charge in [-0.25, -0.2) is 0 Å². The van der Waals surface area contributed by atoms with Crippen LogP contribution in [-0.4, -0.2) is 54.6 Å². The third-order valence-corrected chi connectivity index (χ3v) is 5.50. The number of hydrogen-bond donors (Lipinski definition) is 1. The van der Waals surface area contributed by atoms with Gasteiger partial charge in [-0.2, -0.15) is 0 Å². The number of nitrogens with one attached hydrogen (secondary N) is 1. The van der Waals surface area contributed by atoms with E-state index in [1.807, 2.05) is 37.3 Å². The number of hydrogen-bond acceptors (Lipinski definition) is 7. The van der Waals surface area contributed by atoms with Crippen LogP contribution in [0.5, 0.6) is 17.2 Å². The molecular weight excluding hydrogens is 420 g/mol. The Labute approximate surface area is 193 Å². The summed E-state index contributed by atoms with van der Waals surface area (Å²) in [5.74, 6) is 2.12. The first-order valence-electron chi connectivity index (χ1n) is 10.8. The normalized spacial score (nSPS) is 14.0. The molecule has 2 aromatic carbocycles. The predicted octanol–water partition coefficient (Wildman–Crippen LogP) is 2.98. The standard InChI is InChI=1S/C25H28N4O4/c1-17-12-28-20(13-27-17)16-33-22-8-7-18(21-5-4-6-23(31-2)25(21)32-3)11-19(22)14-29-10-9-26-24(30)15-29/h4-8,11-13H,9-10,14-16H2,1-3H3,(H,26,30). The van der Waals surface area contributed by atoms with Gasteiger partial charge in [0, 0.05) is 37.0 Å². The molecule has 8 heteroatoms. The van der Waals surface area contributed by atoms with E-state index in [9.17, 15) is 4.79 Å². The fourth-order valence-electron chi connectivity index (χ4n) is 3.84. The van der Waals surface area contributed by atoms with Crippen molar-refractivity contribution >= 4 is 5.91 Å². The van der Waals surface area contributed by atoms with Gasteiger partial charge in [-0.05, 0) is 30.7 Å². The molecule has 4 rings (SSSR count). The highest BCUT2D eigenvalue weighted by Gasteiger charge is 2.19. The molecule has 1 aliphatic rings. The van der Waals surface area contributed by atoms with Crippen molar-refractivity contribution in [2.75, 3.05) is 33.9 Å². The predicted molar refractivity (Wildman–Crippen MR) is 124 cm³/mol. The van der Waals surface area contributed by atoms with E-state index in [1.165, 1.54) is 0 Å². The monoisotopic (exact) mass is 448 g/mol. The third-order valence-electron chi connectivity index (χ3n) is 5.50. The maximum Gasteiger partial charge on any atom is 0.234 e. The molecule has 33 heavy (non-hydrogen) atoms. The highest BCUT2D eigenvalue weighted by molar-refractivity contribution is 5.79. The maximum absolute atomic E-state index is 11.9. The van der Waals surface area contributed by atoms with Crippen LogP contribution in [0.3, 0.4) is 0 Å². The van der Waals surface area contributed by atoms with Gasteiger partial charge >= 0.3 is 0 Å². The molecule has 0 saturated carbocycles. The summed E-state index contributed by atoms with van der Waals surface area (Å²) < 4.78 is 17.2. The Balaban J connectivity index is 1.66. The lowest BCUT2D eigenvalue weighted by Gasteiger charge is -2.27. The van der Waals surface area contributed by atoms with Crippen LogP contribution in [0.4, 0.5) is 0 Å². The van der Waals surface area contributed by atoms with Gasteiger partial charge in [0.25, 0.3) is 0 Å². The van der Waals surface area contributed by atoms with Gasteiger partial charge in [-0.15, -0.1) is 0 Å². The van der Waals surface area contributed by atoms with E-state index in [2.05, 4.69) is 26.3 Å². The second-order valence-corrected chi connectivity index (χ2v) is 7.86. The van der Waals surface area contributed by atoms with Gasteiger partial charge in [0.05, 0.1) is 38.3 Å². The molecule has 0 atom stereocenters. The molecule has 2 heterocycles. The summed E-state index contributed by atoms with van der Waals surface area (Å²) in [7, 11) is 3.26. The summed E-state index contributed by atoms with van der Waals surface area (Å²) in [5.41, 5.74) is 4.49. The molecule has 1 aromatic heterocycles. The molecule has 1 aliphatic heterocycles. The molecule has 3 aromatic rings. The number of benzene rings is 2. The Morgan fingerprint density at radius 1 is 1.06 bits per heavy atom. The first-order valence-corrected chi connectivity index (χ1v) is 10.8. The minimum atomic E-state index is 0.0317. The van der Waals surface area contributed by atoms with Crippen LogP contribution in [0.2, 0.25) is 0 Å². The van der Waals surface area contributed by atoms with Gasteiger partial charge < -0.3 is 19.5 Å². The molecule has 0 bridgehead atoms. The third kappa shape index (κ3) is 5.40. The average Bonchev–Trinajstić information content (AvgIpc) is 2.83. The summed E-state index contributed by atoms with van der Waals surface area (Å²) >= 11 is 0. The first-order chi connectivity index (χ1) is 16.1. The number of ether oxygens (including phenoxy) is 3. The Bertz CT molecular complexity index is 1120. The van der Waals surface area contributed by atoms with Crippen molar-refractivity contribution in [3.05, 3.63) is 65.7 Å². The van der Waals surface area contributed by atoms with Gasteiger partial charge in [-0.1, -0.05) is 18.2 Å². The Morgan fingerprint density at radius 3 is 2.67 bits per heavy atom. The molecule has 0 spiro atoms. The lowest BCUT2D eigenvalue weighted by Crippen LogP contribution is -2.47. The smallest absolute Gasteiger partial charge is 0.234 e. The van der Waals surface area contributed by atoms with E-state index in [0.29, 0.717) is 37.7 Å². The number of para-hydroxylation sites is 1. The number of carbonyl (C=O) groups is 1. The number of rotatable bonds is 8. The molecule has 1 amide bonds. The Kier molecular flexibility index (Phi) is 7.04. The lowest BCUT2D eigenvalue weighted by molar-refractivity contribution is -0.124. The van der Waals surface area contributed by atoms with E-state index in [1.54, 1.807) is 26.6 Å². The van der Waals surface area contributed by atoms with Crippen molar-refractivity contribution in [2.45, 2.75) is 20.1 Å². The largest absolute Gasteiger partial charge is 0.493 e. The maximum atomic E-state index is 11.9. The average molecular weight is 449 g/mol. The van der Waals surface area contributed by atoms with E-state index in [4.69, 9.17) is 14.2 Å². The Morgan fingerprint density at radius 2 is 1.94 bits per heavy atom. The summed E-state index contributed by atoms with van der Waals surface area (Å²) in [6, 6.07) is 11.8. The highest BCUT2D eigenvalue weighted by Crippen LogP contribution is 2.39. The van der Waals surface area contributed by atoms with Crippen molar-refractivity contribution in [3.63, 3.8) is 0 Å². The first kappa shape index (κ1) is 22.5. The zero-order chi connectivity index (χ0) is 23.2. The number of nitrogens with zero attached hydrogens (tertiary/aromatic N) is 3. The minimum absolute atomic E-state index is 0.0317. The fraction of sp³-hybridized carbons (Fsp3) is 0.320. The molecule has 1 N–H and O–H groups in total. The summed E-state index contributed by atoms with van der Waals surface area (Å²) in [6.07, 6.45) is 3.45. The van der Waals surface area contributed by atoms with E-state index in [-0.39, 0.29) is 5.91 Å². The molecule has 1 saturated heterocycles. The number of carbonyl (C=O) groups excluding carboxylic acids is 1. The zero-order valence-electron chi connectivity index (χ0n) is 19.1. The number of amides is 1. The van der Waals surface area contributed by atoms with Gasteiger partial charge in [0.2, 0.25) is 5.91 Å². The van der Waals surface area contributed by atoms with Crippen LogP contribution in [0, 0.1) is 6.92 Å². The summed E-state index contributed by atoms with van der Waals surface area (Å²) in [6.45, 7) is 4.56. The van der Waals surface area contributed by atoms with Crippen LogP contribution in [0.1, 0.15) is 17.0 Å². The lowest BCUT2D eigenvalue weighted by atomic mass is 10.0. The van der Waals surface area contributed by atoms with Crippen LogP contribution < -0.4 is 19.5 Å². The molecule has 172 valence electrons.